The van der Waals surface area contributed by atoms with Crippen LogP contribution in [0.2, 0.25) is 10.0 Å². The topological polar surface area (TPSA) is 21.3 Å². The summed E-state index contributed by atoms with van der Waals surface area (Å²) in [7, 11) is 0. The van der Waals surface area contributed by atoms with Gasteiger partial charge >= 0.3 is 0 Å². The maximum atomic E-state index is 6.20. The second kappa shape index (κ2) is 6.76. The SMILES string of the molecule is CC(NCCC1CCOC1)c1cccc(Cl)c1Cl. The quantitative estimate of drug-likeness (QED) is 0.881. The summed E-state index contributed by atoms with van der Waals surface area (Å²) in [5.74, 6) is 0.708. The zero-order chi connectivity index (χ0) is 13.0. The molecule has 100 valence electrons. The molecule has 0 radical (unpaired) electrons. The van der Waals surface area contributed by atoms with Crippen LogP contribution in [0.4, 0.5) is 0 Å². The van der Waals surface area contributed by atoms with Gasteiger partial charge in [-0.3, -0.25) is 0 Å². The van der Waals surface area contributed by atoms with Crippen LogP contribution < -0.4 is 5.32 Å². The van der Waals surface area contributed by atoms with E-state index in [4.69, 9.17) is 27.9 Å². The van der Waals surface area contributed by atoms with Gasteiger partial charge < -0.3 is 10.1 Å². The molecule has 1 aromatic carbocycles. The van der Waals surface area contributed by atoms with E-state index in [0.29, 0.717) is 16.0 Å². The molecule has 1 N–H and O–H groups in total. The molecule has 1 aliphatic rings. The van der Waals surface area contributed by atoms with Gasteiger partial charge in [-0.15, -0.1) is 0 Å². The molecule has 0 aliphatic carbocycles. The summed E-state index contributed by atoms with van der Waals surface area (Å²) in [4.78, 5) is 0. The summed E-state index contributed by atoms with van der Waals surface area (Å²) in [6, 6.07) is 5.99. The molecule has 0 aromatic heterocycles. The Kier molecular flexibility index (Phi) is 5.31. The van der Waals surface area contributed by atoms with Crippen molar-refractivity contribution in [2.45, 2.75) is 25.8 Å². The van der Waals surface area contributed by atoms with Gasteiger partial charge in [-0.25, -0.2) is 0 Å². The minimum Gasteiger partial charge on any atom is -0.381 e. The monoisotopic (exact) mass is 287 g/mol. The Hall–Kier alpha value is -0.280. The van der Waals surface area contributed by atoms with Crippen molar-refractivity contribution >= 4 is 23.2 Å². The Morgan fingerprint density at radius 1 is 1.44 bits per heavy atom. The molecule has 2 nitrogen and oxygen atoms in total. The molecule has 18 heavy (non-hydrogen) atoms. The molecule has 0 saturated carbocycles. The number of nitrogens with one attached hydrogen (secondary N) is 1. The first-order valence-corrected chi connectivity index (χ1v) is 7.19. The average molecular weight is 288 g/mol. The summed E-state index contributed by atoms with van der Waals surface area (Å²) in [6.45, 7) is 4.93. The van der Waals surface area contributed by atoms with Crippen molar-refractivity contribution in [2.24, 2.45) is 5.92 Å². The standard InChI is InChI=1S/C14H19Cl2NO/c1-10(12-3-2-4-13(15)14(12)16)17-7-5-11-6-8-18-9-11/h2-4,10-11,17H,5-9H2,1H3. The zero-order valence-corrected chi connectivity index (χ0v) is 12.1. The summed E-state index contributed by atoms with van der Waals surface area (Å²) < 4.78 is 5.37. The third-order valence-electron chi connectivity index (χ3n) is 3.48. The fourth-order valence-electron chi connectivity index (χ4n) is 2.28. The molecule has 1 heterocycles. The van der Waals surface area contributed by atoms with Crippen molar-refractivity contribution in [1.29, 1.82) is 0 Å². The van der Waals surface area contributed by atoms with E-state index in [0.717, 1.165) is 31.7 Å². The predicted octanol–water partition coefficient (Wildman–Crippen LogP) is 4.07. The van der Waals surface area contributed by atoms with E-state index in [9.17, 15) is 0 Å². The lowest BCUT2D eigenvalue weighted by Gasteiger charge is -2.17. The van der Waals surface area contributed by atoms with E-state index < -0.39 is 0 Å². The first-order chi connectivity index (χ1) is 8.68. The van der Waals surface area contributed by atoms with Gasteiger partial charge in [0.15, 0.2) is 0 Å². The van der Waals surface area contributed by atoms with E-state index in [1.54, 1.807) is 0 Å². The molecule has 4 heteroatoms. The van der Waals surface area contributed by atoms with E-state index in [1.807, 2.05) is 18.2 Å². The zero-order valence-electron chi connectivity index (χ0n) is 10.6. The molecular formula is C14H19Cl2NO. The predicted molar refractivity (Wildman–Crippen MR) is 76.4 cm³/mol. The summed E-state index contributed by atoms with van der Waals surface area (Å²) in [6.07, 6.45) is 2.34. The number of ether oxygens (including phenoxy) is 1. The van der Waals surface area contributed by atoms with Crippen LogP contribution >= 0.6 is 23.2 Å². The third-order valence-corrected chi connectivity index (χ3v) is 4.31. The summed E-state index contributed by atoms with van der Waals surface area (Å²) in [5, 5.41) is 4.77. The molecule has 1 aliphatic heterocycles. The first-order valence-electron chi connectivity index (χ1n) is 6.43. The Morgan fingerprint density at radius 2 is 2.28 bits per heavy atom. The van der Waals surface area contributed by atoms with Crippen LogP contribution in [0.1, 0.15) is 31.4 Å². The normalized spacial score (nSPS) is 21.2. The van der Waals surface area contributed by atoms with Crippen LogP contribution in [-0.2, 0) is 4.74 Å². The smallest absolute Gasteiger partial charge is 0.0639 e. The van der Waals surface area contributed by atoms with Gasteiger partial charge in [-0.1, -0.05) is 35.3 Å². The molecule has 2 unspecified atom stereocenters. The van der Waals surface area contributed by atoms with Crippen molar-refractivity contribution in [2.75, 3.05) is 19.8 Å². The van der Waals surface area contributed by atoms with Gasteiger partial charge in [-0.05, 0) is 43.9 Å². The largest absolute Gasteiger partial charge is 0.381 e. The lowest BCUT2D eigenvalue weighted by Crippen LogP contribution is -2.22. The van der Waals surface area contributed by atoms with Crippen LogP contribution in [0.3, 0.4) is 0 Å². The Labute approximate surface area is 119 Å². The van der Waals surface area contributed by atoms with E-state index >= 15 is 0 Å². The highest BCUT2D eigenvalue weighted by molar-refractivity contribution is 6.42. The number of hydrogen-bond acceptors (Lipinski definition) is 2. The van der Waals surface area contributed by atoms with E-state index in [2.05, 4.69) is 12.2 Å². The highest BCUT2D eigenvalue weighted by atomic mass is 35.5. The number of rotatable bonds is 5. The van der Waals surface area contributed by atoms with Crippen LogP contribution in [0.15, 0.2) is 18.2 Å². The Bertz CT molecular complexity index is 391. The fraction of sp³-hybridized carbons (Fsp3) is 0.571. The van der Waals surface area contributed by atoms with Gasteiger partial charge in [0.2, 0.25) is 0 Å². The van der Waals surface area contributed by atoms with Crippen LogP contribution in [-0.4, -0.2) is 19.8 Å². The molecule has 0 amide bonds. The van der Waals surface area contributed by atoms with Crippen LogP contribution in [0.5, 0.6) is 0 Å². The molecule has 2 atom stereocenters. The Morgan fingerprint density at radius 3 is 3.00 bits per heavy atom. The van der Waals surface area contributed by atoms with Crippen molar-refractivity contribution in [3.05, 3.63) is 33.8 Å². The lowest BCUT2D eigenvalue weighted by atomic mass is 10.0. The second-order valence-corrected chi connectivity index (χ2v) is 5.62. The van der Waals surface area contributed by atoms with Gasteiger partial charge in [0.25, 0.3) is 0 Å². The average Bonchev–Trinajstić information content (AvgIpc) is 2.85. The van der Waals surface area contributed by atoms with Gasteiger partial charge in [-0.2, -0.15) is 0 Å². The second-order valence-electron chi connectivity index (χ2n) is 4.84. The van der Waals surface area contributed by atoms with Crippen molar-refractivity contribution in [3.8, 4) is 0 Å². The minimum absolute atomic E-state index is 0.221. The minimum atomic E-state index is 0.221. The highest BCUT2D eigenvalue weighted by Gasteiger charge is 2.16. The van der Waals surface area contributed by atoms with E-state index in [1.165, 1.54) is 6.42 Å². The summed E-state index contributed by atoms with van der Waals surface area (Å²) in [5.41, 5.74) is 1.06. The molecular weight excluding hydrogens is 269 g/mol. The van der Waals surface area contributed by atoms with Crippen LogP contribution in [0, 0.1) is 5.92 Å². The molecule has 0 spiro atoms. The number of hydrogen-bond donors (Lipinski definition) is 1. The number of halogens is 2. The molecule has 2 rings (SSSR count). The Balaban J connectivity index is 1.83. The van der Waals surface area contributed by atoms with Crippen LogP contribution in [0.25, 0.3) is 0 Å². The van der Waals surface area contributed by atoms with Crippen molar-refractivity contribution < 1.29 is 4.74 Å². The third kappa shape index (κ3) is 3.61. The molecule has 1 aromatic rings. The molecule has 1 fully saturated rings. The summed E-state index contributed by atoms with van der Waals surface area (Å²) >= 11 is 12.2. The maximum absolute atomic E-state index is 6.20. The number of benzene rings is 1. The molecule has 1 saturated heterocycles. The van der Waals surface area contributed by atoms with Crippen molar-refractivity contribution in [3.63, 3.8) is 0 Å². The highest BCUT2D eigenvalue weighted by Crippen LogP contribution is 2.29. The molecule has 0 bridgehead atoms. The van der Waals surface area contributed by atoms with Crippen molar-refractivity contribution in [1.82, 2.24) is 5.32 Å². The van der Waals surface area contributed by atoms with Gasteiger partial charge in [0.05, 0.1) is 10.0 Å². The first kappa shape index (κ1) is 14.1. The van der Waals surface area contributed by atoms with Gasteiger partial charge in [0.1, 0.15) is 0 Å². The van der Waals surface area contributed by atoms with E-state index in [-0.39, 0.29) is 6.04 Å². The van der Waals surface area contributed by atoms with Gasteiger partial charge in [0, 0.05) is 19.3 Å². The lowest BCUT2D eigenvalue weighted by molar-refractivity contribution is 0.184. The maximum Gasteiger partial charge on any atom is 0.0639 e. The fourth-order valence-corrected chi connectivity index (χ4v) is 2.75.